The number of nitrogens with two attached hydrogens (primary N) is 2. The second kappa shape index (κ2) is 34.8. The predicted molar refractivity (Wildman–Crippen MR) is 323 cm³/mol. The van der Waals surface area contributed by atoms with Crippen LogP contribution in [0.4, 0.5) is 11.5 Å². The zero-order chi connectivity index (χ0) is 59.4. The largest absolute Gasteiger partial charge is 0.497 e. The normalized spacial score (nSPS) is 14.1. The number of methoxy groups -OCH3 is 1. The fourth-order valence-electron chi connectivity index (χ4n) is 10.8. The van der Waals surface area contributed by atoms with Crippen LogP contribution >= 0.6 is 0 Å². The third-order valence-corrected chi connectivity index (χ3v) is 15.8. The summed E-state index contributed by atoms with van der Waals surface area (Å²) in [5.74, 6) is 1.46. The lowest BCUT2D eigenvalue weighted by molar-refractivity contribution is -0.137. The highest BCUT2D eigenvalue weighted by Gasteiger charge is 2.35. The lowest BCUT2D eigenvalue weighted by Crippen LogP contribution is -2.41. The number of rotatable bonds is 40. The third kappa shape index (κ3) is 23.5. The van der Waals surface area contributed by atoms with Crippen molar-refractivity contribution in [2.24, 2.45) is 28.7 Å². The number of aromatic nitrogens is 5. The summed E-state index contributed by atoms with van der Waals surface area (Å²) >= 11 is 0. The van der Waals surface area contributed by atoms with Crippen LogP contribution in [0, 0.1) is 24.2 Å². The summed E-state index contributed by atoms with van der Waals surface area (Å²) in [4.78, 5) is 79.0. The number of ether oxygens (including phenoxy) is 2. The lowest BCUT2D eigenvalue weighted by atomic mass is 9.86. The number of carbonyl (C=O) groups is 5. The molecule has 83 heavy (non-hydrogen) atoms. The molecule has 21 heteroatoms. The average Bonchev–Trinajstić information content (AvgIpc) is 4.12. The topological polar surface area (TPSA) is 278 Å². The number of piperidine rings is 1. The smallest absolute Gasteiger partial charge is 0.303 e. The number of benzene rings is 1. The van der Waals surface area contributed by atoms with E-state index in [0.717, 1.165) is 132 Å². The molecule has 0 radical (unpaired) electrons. The Labute approximate surface area is 491 Å². The van der Waals surface area contributed by atoms with Crippen LogP contribution in [-0.2, 0) is 32.1 Å². The summed E-state index contributed by atoms with van der Waals surface area (Å²) in [6, 6.07) is 15.4. The molecular weight excluding hydrogens is 1050 g/mol. The van der Waals surface area contributed by atoms with Gasteiger partial charge in [-0.2, -0.15) is 0 Å². The number of aryl methyl sites for hydroxylation is 3. The molecule has 21 nitrogen and oxygen atoms in total. The number of anilines is 2. The van der Waals surface area contributed by atoms with Crippen molar-refractivity contribution in [3.8, 4) is 11.6 Å². The standard InChI is InChI=1S/C62H95N13O8/c1-46-14-13-16-55(69-46)75(61(81)52-21-20-51(82-4)41-54(52)73-37-23-47(24-38-73)44-83-59-40-49(22-30-68-59)53(42-60(79)80)48-18-19-48)45-62(2,3)27-11-7-8-12-34-74-43-50(70-71-74)15-9-5-6-10-17-56(76)67-33-39-72(35-25-57(77)65-31-28-63)36-26-58(78)66-32-29-64/h13-14,16,20-22,30,40-41,43,47-48,53H,5-12,15,17-19,23-29,31-39,42,44-45,63-64H2,1-4H3,(H,65,77)(H,66,78)(H,67,76)(H,79,80)/t53-/m0/s1. The van der Waals surface area contributed by atoms with Gasteiger partial charge in [-0.05, 0) is 124 Å². The van der Waals surface area contributed by atoms with Gasteiger partial charge in [-0.25, -0.2) is 9.97 Å². The molecule has 1 aliphatic carbocycles. The molecule has 0 bridgehead atoms. The van der Waals surface area contributed by atoms with E-state index in [0.29, 0.717) is 107 Å². The first-order valence-corrected chi connectivity index (χ1v) is 30.4. The highest BCUT2D eigenvalue weighted by atomic mass is 16.5. The summed E-state index contributed by atoms with van der Waals surface area (Å²) in [6.07, 6.45) is 18.4. The second-order valence-corrected chi connectivity index (χ2v) is 23.3. The van der Waals surface area contributed by atoms with Crippen LogP contribution in [0.25, 0.3) is 0 Å². The molecule has 4 aromatic rings. The van der Waals surface area contributed by atoms with Gasteiger partial charge in [0.1, 0.15) is 11.6 Å². The molecule has 456 valence electrons. The van der Waals surface area contributed by atoms with E-state index in [4.69, 9.17) is 25.9 Å². The molecule has 4 amide bonds. The number of aliphatic carboxylic acids is 1. The number of nitrogens with zero attached hydrogens (tertiary/aromatic N) is 8. The Balaban J connectivity index is 0.894. The fourth-order valence-corrected chi connectivity index (χ4v) is 10.8. The quantitative estimate of drug-likeness (QED) is 0.0249. The predicted octanol–water partition coefficient (Wildman–Crippen LogP) is 6.81. The lowest BCUT2D eigenvalue weighted by Gasteiger charge is -2.36. The van der Waals surface area contributed by atoms with Gasteiger partial charge in [-0.15, -0.1) is 5.10 Å². The first kappa shape index (κ1) is 65.4. The molecule has 1 saturated heterocycles. The summed E-state index contributed by atoms with van der Waals surface area (Å²) in [6.45, 7) is 13.2. The van der Waals surface area contributed by atoms with E-state index >= 15 is 4.79 Å². The van der Waals surface area contributed by atoms with Crippen molar-refractivity contribution < 1.29 is 38.6 Å². The van der Waals surface area contributed by atoms with Gasteiger partial charge in [0.25, 0.3) is 5.91 Å². The second-order valence-electron chi connectivity index (χ2n) is 23.3. The summed E-state index contributed by atoms with van der Waals surface area (Å²) in [5, 5.41) is 26.9. The van der Waals surface area contributed by atoms with Gasteiger partial charge in [0.2, 0.25) is 23.6 Å². The van der Waals surface area contributed by atoms with Gasteiger partial charge in [0.15, 0.2) is 0 Å². The van der Waals surface area contributed by atoms with Crippen molar-refractivity contribution in [1.29, 1.82) is 0 Å². The van der Waals surface area contributed by atoms with Crippen LogP contribution in [0.2, 0.25) is 0 Å². The minimum Gasteiger partial charge on any atom is -0.497 e. The van der Waals surface area contributed by atoms with Gasteiger partial charge in [-0.1, -0.05) is 57.2 Å². The van der Waals surface area contributed by atoms with E-state index in [1.54, 1.807) is 13.3 Å². The molecule has 1 aromatic carbocycles. The molecule has 0 unspecified atom stereocenters. The molecule has 1 atom stereocenters. The number of carboxylic acids is 1. The Morgan fingerprint density at radius 2 is 1.49 bits per heavy atom. The van der Waals surface area contributed by atoms with E-state index in [1.165, 1.54) is 0 Å². The maximum absolute atomic E-state index is 15.0. The van der Waals surface area contributed by atoms with Crippen LogP contribution in [0.15, 0.2) is 60.9 Å². The Kier molecular flexibility index (Phi) is 27.4. The Morgan fingerprint density at radius 1 is 0.807 bits per heavy atom. The van der Waals surface area contributed by atoms with E-state index in [1.807, 2.05) is 76.1 Å². The number of unbranched alkanes of at least 4 members (excludes halogenated alkanes) is 6. The highest BCUT2D eigenvalue weighted by molar-refractivity contribution is 6.09. The summed E-state index contributed by atoms with van der Waals surface area (Å²) in [5.41, 5.74) is 15.0. The average molecular weight is 1150 g/mol. The van der Waals surface area contributed by atoms with Gasteiger partial charge in [0, 0.05) is 128 Å². The van der Waals surface area contributed by atoms with Gasteiger partial charge >= 0.3 is 5.97 Å². The van der Waals surface area contributed by atoms with Crippen LogP contribution in [0.1, 0.15) is 156 Å². The third-order valence-electron chi connectivity index (χ3n) is 15.8. The molecule has 8 N–H and O–H groups in total. The maximum Gasteiger partial charge on any atom is 0.303 e. The minimum atomic E-state index is -0.785. The Morgan fingerprint density at radius 3 is 2.18 bits per heavy atom. The van der Waals surface area contributed by atoms with Crippen LogP contribution in [-0.4, -0.2) is 150 Å². The molecule has 1 aliphatic heterocycles. The van der Waals surface area contributed by atoms with E-state index in [2.05, 4.69) is 50.0 Å². The minimum absolute atomic E-state index is 0.00280. The number of nitrogens with one attached hydrogen (secondary N) is 3. The van der Waals surface area contributed by atoms with Crippen molar-refractivity contribution in [2.75, 3.05) is 95.5 Å². The molecule has 4 heterocycles. The molecular formula is C62H95N13O8. The zero-order valence-electron chi connectivity index (χ0n) is 50.0. The zero-order valence-corrected chi connectivity index (χ0v) is 50.0. The number of carboxylic acid groups (broad SMARTS) is 1. The first-order valence-electron chi connectivity index (χ1n) is 30.4. The van der Waals surface area contributed by atoms with E-state index in [9.17, 15) is 24.3 Å². The molecule has 6 rings (SSSR count). The van der Waals surface area contributed by atoms with Crippen molar-refractivity contribution in [3.05, 3.63) is 83.4 Å². The highest BCUT2D eigenvalue weighted by Crippen LogP contribution is 2.45. The van der Waals surface area contributed by atoms with E-state index < -0.39 is 5.97 Å². The van der Waals surface area contributed by atoms with Gasteiger partial charge in [0.05, 0.1) is 37.1 Å². The van der Waals surface area contributed by atoms with Gasteiger partial charge in [-0.3, -0.25) is 33.6 Å². The van der Waals surface area contributed by atoms with Crippen LogP contribution in [0.5, 0.6) is 11.6 Å². The number of pyridine rings is 2. The molecule has 0 spiro atoms. The Hall–Kier alpha value is -6.71. The molecule has 1 saturated carbocycles. The van der Waals surface area contributed by atoms with Crippen molar-refractivity contribution >= 4 is 41.1 Å². The van der Waals surface area contributed by atoms with Crippen molar-refractivity contribution in [3.63, 3.8) is 0 Å². The Bertz CT molecular complexity index is 2610. The number of carbonyl (C=O) groups excluding carboxylic acids is 4. The summed E-state index contributed by atoms with van der Waals surface area (Å²) in [7, 11) is 1.65. The number of hydrogen-bond donors (Lipinski definition) is 6. The monoisotopic (exact) mass is 1150 g/mol. The SMILES string of the molecule is COc1ccc(C(=O)N(CC(C)(C)CCCCCCn2cc(CCCCCCC(=O)NCCN(CCC(=O)NCCN)CCC(=O)NCCN)nn2)c2cccc(C)n2)c(N2CCC(COc3cc([C@@H](CC(=O)O)C4CC4)ccn3)CC2)c1. The maximum atomic E-state index is 15.0. The molecule has 2 aliphatic rings. The number of hydrogen-bond acceptors (Lipinski definition) is 15. The van der Waals surface area contributed by atoms with Crippen molar-refractivity contribution in [2.45, 2.75) is 149 Å². The molecule has 3 aromatic heterocycles. The summed E-state index contributed by atoms with van der Waals surface area (Å²) < 4.78 is 13.9. The van der Waals surface area contributed by atoms with Crippen molar-refractivity contribution in [1.82, 2.24) is 45.8 Å². The van der Waals surface area contributed by atoms with E-state index in [-0.39, 0.29) is 54.2 Å². The van der Waals surface area contributed by atoms with Gasteiger partial charge < -0.3 is 51.8 Å². The first-order chi connectivity index (χ1) is 40.1. The number of amides is 4. The van der Waals surface area contributed by atoms with Crippen LogP contribution in [0.3, 0.4) is 0 Å². The van der Waals surface area contributed by atoms with Crippen LogP contribution < -0.4 is 46.7 Å². The fraction of sp³-hybridized carbons (Fsp3) is 0.629. The molecule has 2 fully saturated rings.